The fourth-order valence-electron chi connectivity index (χ4n) is 3.68. The van der Waals surface area contributed by atoms with Gasteiger partial charge in [0, 0.05) is 24.4 Å². The SMILES string of the molecule is Cc1ccc(CNC(=O)C2CCCC(C(=O)O)C2)c(OC2CCOC2)c1. The highest BCUT2D eigenvalue weighted by molar-refractivity contribution is 5.80. The summed E-state index contributed by atoms with van der Waals surface area (Å²) in [5.74, 6) is -0.696. The Morgan fingerprint density at radius 3 is 2.81 bits per heavy atom. The summed E-state index contributed by atoms with van der Waals surface area (Å²) in [6.45, 7) is 3.71. The number of amides is 1. The van der Waals surface area contributed by atoms with Crippen LogP contribution < -0.4 is 10.1 Å². The van der Waals surface area contributed by atoms with Crippen LogP contribution in [0.25, 0.3) is 0 Å². The van der Waals surface area contributed by atoms with Crippen molar-refractivity contribution >= 4 is 11.9 Å². The van der Waals surface area contributed by atoms with Crippen molar-refractivity contribution in [3.63, 3.8) is 0 Å². The minimum Gasteiger partial charge on any atom is -0.488 e. The number of hydrogen-bond acceptors (Lipinski definition) is 4. The maximum Gasteiger partial charge on any atom is 0.306 e. The third-order valence-corrected chi connectivity index (χ3v) is 5.25. The van der Waals surface area contributed by atoms with Gasteiger partial charge >= 0.3 is 5.97 Å². The minimum absolute atomic E-state index is 0.0564. The average molecular weight is 361 g/mol. The molecule has 2 N–H and O–H groups in total. The summed E-state index contributed by atoms with van der Waals surface area (Å²) in [6.07, 6.45) is 3.57. The molecule has 1 aromatic rings. The number of carboxylic acids is 1. The lowest BCUT2D eigenvalue weighted by atomic mass is 9.81. The van der Waals surface area contributed by atoms with Crippen molar-refractivity contribution in [2.24, 2.45) is 11.8 Å². The van der Waals surface area contributed by atoms with Crippen molar-refractivity contribution in [3.8, 4) is 5.75 Å². The number of aliphatic carboxylic acids is 1. The molecule has 0 spiro atoms. The highest BCUT2D eigenvalue weighted by Crippen LogP contribution is 2.30. The van der Waals surface area contributed by atoms with Crippen LogP contribution in [0.1, 0.15) is 43.2 Å². The van der Waals surface area contributed by atoms with Gasteiger partial charge in [0.15, 0.2) is 0 Å². The predicted octanol–water partition coefficient (Wildman–Crippen LogP) is 2.67. The molecule has 1 aliphatic heterocycles. The van der Waals surface area contributed by atoms with Crippen LogP contribution in [0.2, 0.25) is 0 Å². The molecule has 1 aromatic carbocycles. The summed E-state index contributed by atoms with van der Waals surface area (Å²) in [5, 5.41) is 12.2. The van der Waals surface area contributed by atoms with Crippen LogP contribution in [-0.4, -0.2) is 36.3 Å². The first-order valence-corrected chi connectivity index (χ1v) is 9.37. The molecule has 6 nitrogen and oxygen atoms in total. The third kappa shape index (κ3) is 4.75. The smallest absolute Gasteiger partial charge is 0.306 e. The van der Waals surface area contributed by atoms with Gasteiger partial charge in [-0.05, 0) is 37.8 Å². The number of carboxylic acid groups (broad SMARTS) is 1. The monoisotopic (exact) mass is 361 g/mol. The molecule has 1 heterocycles. The Bertz CT molecular complexity index is 654. The first-order chi connectivity index (χ1) is 12.5. The van der Waals surface area contributed by atoms with Gasteiger partial charge in [0.05, 0.1) is 19.1 Å². The van der Waals surface area contributed by atoms with E-state index in [0.717, 1.165) is 42.7 Å². The Morgan fingerprint density at radius 1 is 1.27 bits per heavy atom. The zero-order valence-corrected chi connectivity index (χ0v) is 15.2. The summed E-state index contributed by atoms with van der Waals surface area (Å²) in [7, 11) is 0. The summed E-state index contributed by atoms with van der Waals surface area (Å²) in [4.78, 5) is 23.7. The van der Waals surface area contributed by atoms with Crippen LogP contribution in [0.5, 0.6) is 5.75 Å². The number of carbonyl (C=O) groups excluding carboxylic acids is 1. The van der Waals surface area contributed by atoms with Crippen molar-refractivity contribution in [1.82, 2.24) is 5.32 Å². The Hall–Kier alpha value is -2.08. The molecule has 2 fully saturated rings. The van der Waals surface area contributed by atoms with Crippen LogP contribution in [-0.2, 0) is 20.9 Å². The lowest BCUT2D eigenvalue weighted by molar-refractivity contribution is -0.144. The van der Waals surface area contributed by atoms with Gasteiger partial charge in [-0.15, -0.1) is 0 Å². The summed E-state index contributed by atoms with van der Waals surface area (Å²) >= 11 is 0. The minimum atomic E-state index is -0.796. The predicted molar refractivity (Wildman–Crippen MR) is 96.0 cm³/mol. The molecule has 3 rings (SSSR count). The molecule has 6 heteroatoms. The van der Waals surface area contributed by atoms with E-state index in [4.69, 9.17) is 9.47 Å². The molecule has 1 amide bonds. The molecule has 1 saturated heterocycles. The molecule has 1 aliphatic carbocycles. The molecule has 2 aliphatic rings. The van der Waals surface area contributed by atoms with E-state index in [2.05, 4.69) is 5.32 Å². The molecule has 0 radical (unpaired) electrons. The van der Waals surface area contributed by atoms with E-state index in [1.165, 1.54) is 0 Å². The molecule has 3 unspecified atom stereocenters. The first-order valence-electron chi connectivity index (χ1n) is 9.37. The van der Waals surface area contributed by atoms with E-state index >= 15 is 0 Å². The number of rotatable bonds is 6. The van der Waals surface area contributed by atoms with Crippen LogP contribution >= 0.6 is 0 Å². The second kappa shape index (κ2) is 8.54. The van der Waals surface area contributed by atoms with Gasteiger partial charge in [0.2, 0.25) is 5.91 Å². The zero-order chi connectivity index (χ0) is 18.5. The summed E-state index contributed by atoms with van der Waals surface area (Å²) in [5.41, 5.74) is 2.03. The van der Waals surface area contributed by atoms with E-state index in [1.807, 2.05) is 25.1 Å². The Kier molecular flexibility index (Phi) is 6.14. The van der Waals surface area contributed by atoms with Gasteiger partial charge in [-0.2, -0.15) is 0 Å². The number of carbonyl (C=O) groups is 2. The van der Waals surface area contributed by atoms with E-state index < -0.39 is 11.9 Å². The van der Waals surface area contributed by atoms with Gasteiger partial charge in [0.25, 0.3) is 0 Å². The van der Waals surface area contributed by atoms with E-state index in [0.29, 0.717) is 26.0 Å². The molecule has 3 atom stereocenters. The maximum absolute atomic E-state index is 12.5. The highest BCUT2D eigenvalue weighted by atomic mass is 16.5. The Balaban J connectivity index is 1.59. The third-order valence-electron chi connectivity index (χ3n) is 5.25. The second-order valence-corrected chi connectivity index (χ2v) is 7.33. The largest absolute Gasteiger partial charge is 0.488 e. The van der Waals surface area contributed by atoms with Crippen LogP contribution in [0.4, 0.5) is 0 Å². The van der Waals surface area contributed by atoms with E-state index in [-0.39, 0.29) is 17.9 Å². The molecular weight excluding hydrogens is 334 g/mol. The second-order valence-electron chi connectivity index (χ2n) is 7.33. The van der Waals surface area contributed by atoms with Crippen LogP contribution in [0.15, 0.2) is 18.2 Å². The van der Waals surface area contributed by atoms with Gasteiger partial charge in [0.1, 0.15) is 11.9 Å². The van der Waals surface area contributed by atoms with Crippen molar-refractivity contribution in [1.29, 1.82) is 0 Å². The van der Waals surface area contributed by atoms with E-state index in [9.17, 15) is 14.7 Å². The summed E-state index contributed by atoms with van der Waals surface area (Å²) < 4.78 is 11.4. The quantitative estimate of drug-likeness (QED) is 0.814. The normalized spacial score (nSPS) is 25.7. The standard InChI is InChI=1S/C20H27NO5/c1-13-5-6-16(18(9-13)26-17-7-8-25-12-17)11-21-19(22)14-3-2-4-15(10-14)20(23)24/h5-6,9,14-15,17H,2-4,7-8,10-12H2,1H3,(H,21,22)(H,23,24). The Morgan fingerprint density at radius 2 is 2.08 bits per heavy atom. The van der Waals surface area contributed by atoms with Gasteiger partial charge in [-0.1, -0.05) is 18.6 Å². The molecule has 1 saturated carbocycles. The molecular formula is C20H27NO5. The average Bonchev–Trinajstić information content (AvgIpc) is 3.14. The molecule has 142 valence electrons. The zero-order valence-electron chi connectivity index (χ0n) is 15.2. The lowest BCUT2D eigenvalue weighted by Crippen LogP contribution is -2.35. The Labute approximate surface area is 153 Å². The van der Waals surface area contributed by atoms with Crippen LogP contribution in [0, 0.1) is 18.8 Å². The number of benzene rings is 1. The van der Waals surface area contributed by atoms with Crippen LogP contribution in [0.3, 0.4) is 0 Å². The number of hydrogen-bond donors (Lipinski definition) is 2. The number of ether oxygens (including phenoxy) is 2. The van der Waals surface area contributed by atoms with Crippen molar-refractivity contribution < 1.29 is 24.2 Å². The molecule has 0 aromatic heterocycles. The first kappa shape index (κ1) is 18.7. The van der Waals surface area contributed by atoms with Crippen molar-refractivity contribution in [3.05, 3.63) is 29.3 Å². The van der Waals surface area contributed by atoms with Gasteiger partial charge < -0.3 is 19.9 Å². The van der Waals surface area contributed by atoms with Gasteiger partial charge in [-0.25, -0.2) is 0 Å². The van der Waals surface area contributed by atoms with Gasteiger partial charge in [-0.3, -0.25) is 9.59 Å². The van der Waals surface area contributed by atoms with E-state index in [1.54, 1.807) is 0 Å². The maximum atomic E-state index is 12.5. The number of aryl methyl sites for hydroxylation is 1. The highest BCUT2D eigenvalue weighted by Gasteiger charge is 2.31. The van der Waals surface area contributed by atoms with Crippen molar-refractivity contribution in [2.75, 3.05) is 13.2 Å². The fourth-order valence-corrected chi connectivity index (χ4v) is 3.68. The summed E-state index contributed by atoms with van der Waals surface area (Å²) in [6, 6.07) is 5.96. The molecule has 0 bridgehead atoms. The van der Waals surface area contributed by atoms with Crippen molar-refractivity contribution in [2.45, 2.75) is 51.7 Å². The molecule has 26 heavy (non-hydrogen) atoms. The lowest BCUT2D eigenvalue weighted by Gasteiger charge is -2.26. The fraction of sp³-hybridized carbons (Fsp3) is 0.600. The topological polar surface area (TPSA) is 84.9 Å². The number of nitrogens with one attached hydrogen (secondary N) is 1.